The molecule has 4 rings (SSSR count). The predicted molar refractivity (Wildman–Crippen MR) is 119 cm³/mol. The second-order valence-electron chi connectivity index (χ2n) is 8.34. The maximum Gasteiger partial charge on any atom is 0.198 e. The summed E-state index contributed by atoms with van der Waals surface area (Å²) in [6.45, 7) is 1.99. The van der Waals surface area contributed by atoms with E-state index in [0.717, 1.165) is 37.1 Å². The largest absolute Gasteiger partial charge is 0.338 e. The van der Waals surface area contributed by atoms with E-state index in [1.54, 1.807) is 0 Å². The van der Waals surface area contributed by atoms with E-state index in [2.05, 4.69) is 70.9 Å². The highest BCUT2D eigenvalue weighted by atomic mass is 15.4. The molecule has 1 fully saturated rings. The van der Waals surface area contributed by atoms with Crippen LogP contribution in [0.1, 0.15) is 50.5 Å². The lowest BCUT2D eigenvalue weighted by Crippen LogP contribution is -2.42. The van der Waals surface area contributed by atoms with Gasteiger partial charge in [-0.25, -0.2) is 0 Å². The first-order valence-corrected chi connectivity index (χ1v) is 11.1. The van der Waals surface area contributed by atoms with Crippen LogP contribution in [0.2, 0.25) is 0 Å². The third kappa shape index (κ3) is 5.15. The van der Waals surface area contributed by atoms with Gasteiger partial charge in [0.25, 0.3) is 0 Å². The first-order chi connectivity index (χ1) is 13.9. The van der Waals surface area contributed by atoms with Crippen molar-refractivity contribution in [3.05, 3.63) is 66.2 Å². The summed E-state index contributed by atoms with van der Waals surface area (Å²) in [7, 11) is 0. The number of nitrogens with zero attached hydrogens (tertiary/aromatic N) is 2. The van der Waals surface area contributed by atoms with E-state index in [1.807, 2.05) is 0 Å². The number of hydrogen-bond acceptors (Lipinski definition) is 3. The highest BCUT2D eigenvalue weighted by Gasteiger charge is 2.28. The zero-order valence-electron chi connectivity index (χ0n) is 16.9. The van der Waals surface area contributed by atoms with Gasteiger partial charge in [-0.2, -0.15) is 0 Å². The molecule has 0 amide bonds. The molecule has 3 nitrogen and oxygen atoms in total. The lowest BCUT2D eigenvalue weighted by atomic mass is 9.86. The summed E-state index contributed by atoms with van der Waals surface area (Å²) in [5.74, 6) is 2.00. The molecule has 1 atom stereocenters. The van der Waals surface area contributed by atoms with E-state index in [0.29, 0.717) is 6.04 Å². The van der Waals surface area contributed by atoms with Crippen molar-refractivity contribution in [1.29, 1.82) is 0 Å². The SMILES string of the molecule is c1ccc(C[C@H]2CN=C(Nc3ccccc3)N2CCCC2CCCCC2)cc1. The third-order valence-electron chi connectivity index (χ3n) is 6.24. The van der Waals surface area contributed by atoms with Gasteiger partial charge >= 0.3 is 0 Å². The second-order valence-corrected chi connectivity index (χ2v) is 8.34. The molecule has 3 heteroatoms. The lowest BCUT2D eigenvalue weighted by Gasteiger charge is -2.29. The minimum Gasteiger partial charge on any atom is -0.338 e. The van der Waals surface area contributed by atoms with Crippen LogP contribution < -0.4 is 5.32 Å². The minimum atomic E-state index is 0.458. The van der Waals surface area contributed by atoms with Gasteiger partial charge in [0.15, 0.2) is 5.96 Å². The van der Waals surface area contributed by atoms with Crippen LogP contribution in [-0.2, 0) is 6.42 Å². The molecule has 148 valence electrons. The first kappa shape index (κ1) is 19.0. The number of aliphatic imine (C=N–C) groups is 1. The molecule has 1 saturated carbocycles. The topological polar surface area (TPSA) is 27.6 Å². The lowest BCUT2D eigenvalue weighted by molar-refractivity contribution is 0.290. The van der Waals surface area contributed by atoms with Gasteiger partial charge in [-0.3, -0.25) is 4.99 Å². The van der Waals surface area contributed by atoms with Gasteiger partial charge in [0, 0.05) is 12.2 Å². The molecule has 0 spiro atoms. The van der Waals surface area contributed by atoms with Crippen molar-refractivity contribution in [2.75, 3.05) is 18.4 Å². The molecule has 1 aliphatic heterocycles. The van der Waals surface area contributed by atoms with E-state index in [4.69, 9.17) is 4.99 Å². The molecule has 0 radical (unpaired) electrons. The molecule has 0 saturated heterocycles. The fraction of sp³-hybridized carbons (Fsp3) is 0.480. The highest BCUT2D eigenvalue weighted by molar-refractivity contribution is 5.95. The van der Waals surface area contributed by atoms with Crippen LogP contribution in [-0.4, -0.2) is 30.0 Å². The average molecular weight is 376 g/mol. The van der Waals surface area contributed by atoms with Gasteiger partial charge in [-0.1, -0.05) is 80.6 Å². The molecule has 0 aromatic heterocycles. The molecule has 1 N–H and O–H groups in total. The smallest absolute Gasteiger partial charge is 0.198 e. The summed E-state index contributed by atoms with van der Waals surface area (Å²) < 4.78 is 0. The summed E-state index contributed by atoms with van der Waals surface area (Å²) in [4.78, 5) is 7.42. The van der Waals surface area contributed by atoms with E-state index in [9.17, 15) is 0 Å². The first-order valence-electron chi connectivity index (χ1n) is 11.1. The zero-order valence-corrected chi connectivity index (χ0v) is 16.9. The molecule has 0 unspecified atom stereocenters. The number of para-hydroxylation sites is 1. The van der Waals surface area contributed by atoms with Crippen LogP contribution in [0.15, 0.2) is 65.7 Å². The Labute approximate surface area is 169 Å². The van der Waals surface area contributed by atoms with Crippen molar-refractivity contribution in [3.8, 4) is 0 Å². The molecule has 2 aromatic carbocycles. The van der Waals surface area contributed by atoms with Crippen molar-refractivity contribution in [3.63, 3.8) is 0 Å². The Balaban J connectivity index is 1.39. The van der Waals surface area contributed by atoms with E-state index >= 15 is 0 Å². The summed E-state index contributed by atoms with van der Waals surface area (Å²) >= 11 is 0. The Morgan fingerprint density at radius 2 is 1.61 bits per heavy atom. The van der Waals surface area contributed by atoms with Crippen LogP contribution in [0.3, 0.4) is 0 Å². The summed E-state index contributed by atoms with van der Waals surface area (Å²) in [5.41, 5.74) is 2.53. The van der Waals surface area contributed by atoms with Crippen LogP contribution >= 0.6 is 0 Å². The average Bonchev–Trinajstić information content (AvgIpc) is 3.11. The Morgan fingerprint density at radius 1 is 0.893 bits per heavy atom. The van der Waals surface area contributed by atoms with Crippen molar-refractivity contribution in [1.82, 2.24) is 4.90 Å². The molecular formula is C25H33N3. The van der Waals surface area contributed by atoms with Crippen molar-refractivity contribution in [2.45, 2.75) is 57.4 Å². The Bertz CT molecular complexity index is 735. The number of rotatable bonds is 7. The van der Waals surface area contributed by atoms with Crippen LogP contribution in [0, 0.1) is 5.92 Å². The molecule has 1 aliphatic carbocycles. The Hall–Kier alpha value is -2.29. The van der Waals surface area contributed by atoms with Crippen molar-refractivity contribution < 1.29 is 0 Å². The Morgan fingerprint density at radius 3 is 2.36 bits per heavy atom. The minimum absolute atomic E-state index is 0.458. The quantitative estimate of drug-likeness (QED) is 0.668. The number of anilines is 1. The van der Waals surface area contributed by atoms with Crippen molar-refractivity contribution >= 4 is 11.6 Å². The third-order valence-corrected chi connectivity index (χ3v) is 6.24. The maximum absolute atomic E-state index is 4.89. The van der Waals surface area contributed by atoms with Gasteiger partial charge in [-0.15, -0.1) is 0 Å². The molecule has 28 heavy (non-hydrogen) atoms. The molecule has 2 aliphatic rings. The molecular weight excluding hydrogens is 342 g/mol. The monoisotopic (exact) mass is 375 g/mol. The number of benzene rings is 2. The molecule has 0 bridgehead atoms. The van der Waals surface area contributed by atoms with Gasteiger partial charge in [0.1, 0.15) is 0 Å². The number of nitrogens with one attached hydrogen (secondary N) is 1. The normalized spacial score (nSPS) is 20.2. The van der Waals surface area contributed by atoms with Gasteiger partial charge in [-0.05, 0) is 42.9 Å². The summed E-state index contributed by atoms with van der Waals surface area (Å²) in [6, 6.07) is 21.8. The molecule has 1 heterocycles. The Kier molecular flexibility index (Phi) is 6.64. The highest BCUT2D eigenvalue weighted by Crippen LogP contribution is 2.28. The van der Waals surface area contributed by atoms with Crippen molar-refractivity contribution in [2.24, 2.45) is 10.9 Å². The predicted octanol–water partition coefficient (Wildman–Crippen LogP) is 5.74. The van der Waals surface area contributed by atoms with Gasteiger partial charge in [0.05, 0.1) is 12.6 Å². The van der Waals surface area contributed by atoms with Crippen LogP contribution in [0.5, 0.6) is 0 Å². The maximum atomic E-state index is 4.89. The molecule has 2 aromatic rings. The van der Waals surface area contributed by atoms with Gasteiger partial charge in [0.2, 0.25) is 0 Å². The standard InChI is InChI=1S/C25H33N3/c1-4-11-21(12-5-1)15-10-18-28-24(19-22-13-6-2-7-14-22)20-26-25(28)27-23-16-8-3-9-17-23/h2-3,6-9,13-14,16-17,21,24H,1,4-5,10-12,15,18-20H2,(H,26,27)/t24-/m0/s1. The van der Waals surface area contributed by atoms with Crippen LogP contribution in [0.25, 0.3) is 0 Å². The fourth-order valence-electron chi connectivity index (χ4n) is 4.69. The summed E-state index contributed by atoms with van der Waals surface area (Å²) in [5, 5.41) is 3.57. The van der Waals surface area contributed by atoms with E-state index in [-0.39, 0.29) is 0 Å². The van der Waals surface area contributed by atoms with Crippen LogP contribution in [0.4, 0.5) is 5.69 Å². The number of guanidine groups is 1. The van der Waals surface area contributed by atoms with Gasteiger partial charge < -0.3 is 10.2 Å². The fourth-order valence-corrected chi connectivity index (χ4v) is 4.69. The summed E-state index contributed by atoms with van der Waals surface area (Å²) in [6.07, 6.45) is 10.9. The zero-order chi connectivity index (χ0) is 19.0. The van der Waals surface area contributed by atoms with E-state index in [1.165, 1.54) is 50.5 Å². The number of hydrogen-bond donors (Lipinski definition) is 1. The van der Waals surface area contributed by atoms with E-state index < -0.39 is 0 Å². The second kappa shape index (κ2) is 9.77.